The number of nitro benzene ring substituents is 1. The first-order valence-corrected chi connectivity index (χ1v) is 6.48. The number of non-ortho nitro benzene ring substituents is 1. The number of rotatable bonds is 5. The van der Waals surface area contributed by atoms with E-state index in [0.717, 1.165) is 6.07 Å². The van der Waals surface area contributed by atoms with E-state index in [1.165, 1.54) is 18.2 Å². The zero-order valence-corrected chi connectivity index (χ0v) is 9.99. The van der Waals surface area contributed by atoms with Crippen molar-refractivity contribution in [1.29, 1.82) is 0 Å². The molecule has 0 fully saturated rings. The van der Waals surface area contributed by atoms with Crippen molar-refractivity contribution in [2.45, 2.75) is 12.2 Å². The molecule has 0 aliphatic carbocycles. The van der Waals surface area contributed by atoms with Crippen LogP contribution in [0, 0.1) is 10.1 Å². The van der Waals surface area contributed by atoms with Gasteiger partial charge in [0.05, 0.1) is 4.92 Å². The van der Waals surface area contributed by atoms with Gasteiger partial charge in [0, 0.05) is 24.1 Å². The van der Waals surface area contributed by atoms with Gasteiger partial charge in [-0.25, -0.2) is 0 Å². The highest BCUT2D eigenvalue weighted by Gasteiger charge is 2.27. The maximum atomic E-state index is 11.6. The summed E-state index contributed by atoms with van der Waals surface area (Å²) in [4.78, 5) is 39.0. The van der Waals surface area contributed by atoms with Crippen molar-refractivity contribution in [3.05, 3.63) is 39.9 Å². The quantitative estimate of drug-likeness (QED) is 0.309. The lowest BCUT2D eigenvalue weighted by Crippen LogP contribution is -2.23. The molecule has 0 unspecified atom stereocenters. The maximum absolute atomic E-state index is 11.6. The fraction of sp³-hybridized carbons (Fsp3) is 0.222. The summed E-state index contributed by atoms with van der Waals surface area (Å²) in [5.74, 6) is -2.27. The standard InChI is InChI=1S/C9H11N2O6P/c10-9(18(15,16)17)5-8(12)6-2-1-3-7(4-6)11(13)14/h1-4,9H,5,10H2,(H2,15,16,17)/t9-/m1/s1. The SMILES string of the molecule is N[C@@H](CC(=O)c1cccc([N+](=O)[O-])c1)P(=O)(O)O. The van der Waals surface area contributed by atoms with Crippen LogP contribution in [0.5, 0.6) is 0 Å². The molecule has 0 amide bonds. The molecular weight excluding hydrogens is 263 g/mol. The van der Waals surface area contributed by atoms with Crippen LogP contribution >= 0.6 is 7.60 Å². The Morgan fingerprint density at radius 2 is 2.11 bits per heavy atom. The van der Waals surface area contributed by atoms with Gasteiger partial charge in [0.15, 0.2) is 5.78 Å². The average molecular weight is 274 g/mol. The first kappa shape index (κ1) is 14.5. The highest BCUT2D eigenvalue weighted by atomic mass is 31.2. The molecule has 0 aromatic heterocycles. The summed E-state index contributed by atoms with van der Waals surface area (Å²) in [6, 6.07) is 4.88. The molecule has 8 nitrogen and oxygen atoms in total. The molecule has 4 N–H and O–H groups in total. The van der Waals surface area contributed by atoms with E-state index < -0.39 is 30.5 Å². The normalized spacial score (nSPS) is 13.1. The van der Waals surface area contributed by atoms with Crippen LogP contribution < -0.4 is 5.73 Å². The number of carbonyl (C=O) groups excluding carboxylic acids is 1. The molecule has 0 aliphatic heterocycles. The van der Waals surface area contributed by atoms with Gasteiger partial charge in [-0.15, -0.1) is 0 Å². The Hall–Kier alpha value is -1.60. The van der Waals surface area contributed by atoms with Gasteiger partial charge in [0.2, 0.25) is 0 Å². The summed E-state index contributed by atoms with van der Waals surface area (Å²) in [6.07, 6.45) is -0.578. The van der Waals surface area contributed by atoms with Crippen LogP contribution in [0.1, 0.15) is 16.8 Å². The van der Waals surface area contributed by atoms with E-state index in [4.69, 9.17) is 15.5 Å². The van der Waals surface area contributed by atoms with Crippen LogP contribution in [0.2, 0.25) is 0 Å². The summed E-state index contributed by atoms with van der Waals surface area (Å²) in [7, 11) is -4.54. The van der Waals surface area contributed by atoms with Crippen LogP contribution in [-0.2, 0) is 4.57 Å². The van der Waals surface area contributed by atoms with Crippen molar-refractivity contribution < 1.29 is 24.1 Å². The summed E-state index contributed by atoms with van der Waals surface area (Å²) >= 11 is 0. The van der Waals surface area contributed by atoms with Gasteiger partial charge in [-0.2, -0.15) is 0 Å². The monoisotopic (exact) mass is 274 g/mol. The Balaban J connectivity index is 2.88. The Morgan fingerprint density at radius 1 is 1.50 bits per heavy atom. The number of ketones is 1. The molecule has 0 radical (unpaired) electrons. The zero-order chi connectivity index (χ0) is 13.9. The third kappa shape index (κ3) is 3.71. The fourth-order valence-electron chi connectivity index (χ4n) is 1.22. The minimum atomic E-state index is -4.54. The van der Waals surface area contributed by atoms with Gasteiger partial charge in [0.25, 0.3) is 5.69 Å². The number of hydrogen-bond donors (Lipinski definition) is 3. The van der Waals surface area contributed by atoms with E-state index in [-0.39, 0.29) is 11.3 Å². The van der Waals surface area contributed by atoms with Crippen LogP contribution in [0.15, 0.2) is 24.3 Å². The van der Waals surface area contributed by atoms with E-state index >= 15 is 0 Å². The number of Topliss-reactive ketones (excluding diaryl/α,β-unsaturated/α-hetero) is 1. The van der Waals surface area contributed by atoms with Crippen LogP contribution in [0.3, 0.4) is 0 Å². The molecule has 0 saturated heterocycles. The molecule has 1 atom stereocenters. The second kappa shape index (κ2) is 5.36. The Labute approximate surface area is 102 Å². The number of nitrogens with two attached hydrogens (primary N) is 1. The second-order valence-corrected chi connectivity index (χ2v) is 5.43. The molecule has 1 rings (SSSR count). The molecule has 98 valence electrons. The van der Waals surface area contributed by atoms with E-state index in [1.54, 1.807) is 0 Å². The molecule has 0 bridgehead atoms. The highest BCUT2D eigenvalue weighted by molar-refractivity contribution is 7.52. The van der Waals surface area contributed by atoms with Gasteiger partial charge in [-0.3, -0.25) is 19.5 Å². The molecule has 0 aliphatic rings. The van der Waals surface area contributed by atoms with Crippen molar-refractivity contribution >= 4 is 19.1 Å². The molecule has 9 heteroatoms. The Kier molecular flexibility index (Phi) is 4.31. The van der Waals surface area contributed by atoms with Crippen molar-refractivity contribution in [3.8, 4) is 0 Å². The summed E-state index contributed by atoms with van der Waals surface area (Å²) in [6.45, 7) is 0. The number of carbonyl (C=O) groups is 1. The number of benzene rings is 1. The van der Waals surface area contributed by atoms with Crippen LogP contribution in [-0.4, -0.2) is 26.3 Å². The number of hydrogen-bond acceptors (Lipinski definition) is 5. The third-order valence-corrected chi connectivity index (χ3v) is 3.25. The van der Waals surface area contributed by atoms with Crippen molar-refractivity contribution in [3.63, 3.8) is 0 Å². The van der Waals surface area contributed by atoms with Crippen LogP contribution in [0.4, 0.5) is 5.69 Å². The number of nitro groups is 1. The topological polar surface area (TPSA) is 144 Å². The lowest BCUT2D eigenvalue weighted by atomic mass is 10.1. The van der Waals surface area contributed by atoms with E-state index in [2.05, 4.69) is 0 Å². The second-order valence-electron chi connectivity index (χ2n) is 3.59. The van der Waals surface area contributed by atoms with Crippen molar-refractivity contribution in [2.75, 3.05) is 0 Å². The lowest BCUT2D eigenvalue weighted by Gasteiger charge is -2.12. The van der Waals surface area contributed by atoms with Crippen LogP contribution in [0.25, 0.3) is 0 Å². The van der Waals surface area contributed by atoms with Crippen molar-refractivity contribution in [1.82, 2.24) is 0 Å². The van der Waals surface area contributed by atoms with E-state index in [0.29, 0.717) is 0 Å². The summed E-state index contributed by atoms with van der Waals surface area (Å²) in [5, 5.41) is 10.5. The van der Waals surface area contributed by atoms with Gasteiger partial charge in [0.1, 0.15) is 5.78 Å². The van der Waals surface area contributed by atoms with Gasteiger partial charge in [-0.05, 0) is 0 Å². The van der Waals surface area contributed by atoms with E-state index in [1.807, 2.05) is 0 Å². The Bertz CT molecular complexity index is 526. The largest absolute Gasteiger partial charge is 0.342 e. The third-order valence-electron chi connectivity index (χ3n) is 2.21. The lowest BCUT2D eigenvalue weighted by molar-refractivity contribution is -0.384. The van der Waals surface area contributed by atoms with E-state index in [9.17, 15) is 19.5 Å². The zero-order valence-electron chi connectivity index (χ0n) is 9.09. The van der Waals surface area contributed by atoms with Gasteiger partial charge >= 0.3 is 7.60 Å². The molecular formula is C9H11N2O6P. The van der Waals surface area contributed by atoms with Gasteiger partial charge in [-0.1, -0.05) is 12.1 Å². The van der Waals surface area contributed by atoms with Gasteiger partial charge < -0.3 is 15.5 Å². The first-order chi connectivity index (χ1) is 8.21. The molecule has 0 saturated carbocycles. The minimum absolute atomic E-state index is 0.00639. The van der Waals surface area contributed by atoms with Crippen molar-refractivity contribution in [2.24, 2.45) is 5.73 Å². The minimum Gasteiger partial charge on any atom is -0.323 e. The molecule has 0 heterocycles. The highest BCUT2D eigenvalue weighted by Crippen LogP contribution is 2.40. The fourth-order valence-corrected chi connectivity index (χ4v) is 1.62. The molecule has 1 aromatic carbocycles. The first-order valence-electron chi connectivity index (χ1n) is 4.80. The summed E-state index contributed by atoms with van der Waals surface area (Å²) in [5.41, 5.74) is 4.89. The average Bonchev–Trinajstić information content (AvgIpc) is 2.27. The smallest absolute Gasteiger partial charge is 0.323 e. The predicted octanol–water partition coefficient (Wildman–Crippen LogP) is 0.630. The molecule has 18 heavy (non-hydrogen) atoms. The maximum Gasteiger partial charge on any atom is 0.342 e. The molecule has 0 spiro atoms. The molecule has 1 aromatic rings. The Morgan fingerprint density at radius 3 is 2.61 bits per heavy atom. The number of nitrogens with zero attached hydrogens (tertiary/aromatic N) is 1. The summed E-state index contributed by atoms with van der Waals surface area (Å²) < 4.78 is 10.8. The predicted molar refractivity (Wildman–Crippen MR) is 62.1 cm³/mol.